The van der Waals surface area contributed by atoms with Crippen molar-refractivity contribution in [1.29, 1.82) is 0 Å². The van der Waals surface area contributed by atoms with E-state index in [1.807, 2.05) is 52.0 Å². The lowest BCUT2D eigenvalue weighted by molar-refractivity contribution is -0.138. The van der Waals surface area contributed by atoms with Gasteiger partial charge in [-0.05, 0) is 85.6 Å². The zero-order valence-electron chi connectivity index (χ0n) is 26.0. The van der Waals surface area contributed by atoms with Crippen molar-refractivity contribution >= 4 is 51.2 Å². The van der Waals surface area contributed by atoms with Crippen LogP contribution in [-0.4, -0.2) is 42.1 Å². The van der Waals surface area contributed by atoms with Crippen LogP contribution < -0.4 is 0 Å². The summed E-state index contributed by atoms with van der Waals surface area (Å²) in [6, 6.07) is 6.04. The minimum atomic E-state index is -1.02. The Hall–Kier alpha value is -4.46. The van der Waals surface area contributed by atoms with Crippen LogP contribution in [-0.2, 0) is 11.2 Å². The molecule has 3 atom stereocenters. The zero-order chi connectivity index (χ0) is 31.3. The van der Waals surface area contributed by atoms with Crippen LogP contribution in [0.3, 0.4) is 0 Å². The van der Waals surface area contributed by atoms with Gasteiger partial charge in [0.05, 0.1) is 22.5 Å². The van der Waals surface area contributed by atoms with Crippen LogP contribution in [0.2, 0.25) is 0 Å². The van der Waals surface area contributed by atoms with Crippen molar-refractivity contribution in [2.75, 3.05) is 0 Å². The van der Waals surface area contributed by atoms with Gasteiger partial charge in [0.15, 0.2) is 0 Å². The number of carboxylic acids is 2. The zero-order valence-corrected chi connectivity index (χ0v) is 26.0. The monoisotopic (exact) mass is 580 g/mol. The number of fused-ring (bicyclic) bond motifs is 8. The molecule has 0 aliphatic carbocycles. The largest absolute Gasteiger partial charge is 0.481 e. The Balaban J connectivity index is 2.03. The average molecular weight is 581 g/mol. The molecule has 0 saturated heterocycles. The topological polar surface area (TPSA) is 132 Å². The maximum atomic E-state index is 12.7. The molecule has 224 valence electrons. The van der Waals surface area contributed by atoms with E-state index in [0.29, 0.717) is 23.0 Å². The van der Waals surface area contributed by atoms with E-state index in [0.717, 1.165) is 68.1 Å². The second kappa shape index (κ2) is 11.3. The van der Waals surface area contributed by atoms with Gasteiger partial charge in [-0.3, -0.25) is 9.78 Å². The summed E-state index contributed by atoms with van der Waals surface area (Å²) in [6.45, 7) is 18.1. The first kappa shape index (κ1) is 30.0. The minimum Gasteiger partial charge on any atom is -0.481 e. The molecule has 4 N–H and O–H groups in total. The summed E-state index contributed by atoms with van der Waals surface area (Å²) in [5.41, 5.74) is 12.1. The molecule has 2 aliphatic heterocycles. The molecule has 0 saturated carbocycles. The molecule has 0 amide bonds. The fourth-order valence-electron chi connectivity index (χ4n) is 7.00. The number of aryl methyl sites for hydroxylation is 3. The Morgan fingerprint density at radius 1 is 0.977 bits per heavy atom. The lowest BCUT2D eigenvalue weighted by Gasteiger charge is -2.23. The summed E-state index contributed by atoms with van der Waals surface area (Å²) < 4.78 is 0. The molecule has 0 aromatic carbocycles. The summed E-state index contributed by atoms with van der Waals surface area (Å²) >= 11 is 0. The number of nitrogens with one attached hydrogen (secondary N) is 2. The van der Waals surface area contributed by atoms with Crippen LogP contribution in [0.4, 0.5) is 0 Å². The van der Waals surface area contributed by atoms with Gasteiger partial charge < -0.3 is 20.2 Å². The number of aromatic amines is 2. The smallest absolute Gasteiger partial charge is 0.338 e. The van der Waals surface area contributed by atoms with Crippen LogP contribution in [0.25, 0.3) is 39.3 Å². The Bertz CT molecular complexity index is 1870. The number of hydrogen-bond donors (Lipinski definition) is 4. The van der Waals surface area contributed by atoms with Gasteiger partial charge in [0.2, 0.25) is 0 Å². The maximum Gasteiger partial charge on any atom is 0.338 e. The van der Waals surface area contributed by atoms with Crippen molar-refractivity contribution in [2.45, 2.75) is 79.6 Å². The lowest BCUT2D eigenvalue weighted by atomic mass is 9.78. The molecule has 0 fully saturated rings. The highest BCUT2D eigenvalue weighted by Crippen LogP contribution is 2.45. The third-order valence-corrected chi connectivity index (χ3v) is 9.31. The number of rotatable bonds is 7. The van der Waals surface area contributed by atoms with Crippen LogP contribution in [0.15, 0.2) is 24.8 Å². The van der Waals surface area contributed by atoms with E-state index in [1.165, 1.54) is 0 Å². The summed E-state index contributed by atoms with van der Waals surface area (Å²) in [5.74, 6) is -2.42. The van der Waals surface area contributed by atoms with Crippen molar-refractivity contribution in [3.63, 3.8) is 0 Å². The molecule has 5 heterocycles. The minimum absolute atomic E-state index is 0.0158. The normalized spacial score (nSPS) is 17.3. The highest BCUT2D eigenvalue weighted by Gasteiger charge is 2.36. The molecule has 8 nitrogen and oxygen atoms in total. The number of nitrogens with zero attached hydrogens (tertiary/aromatic N) is 2. The molecule has 2 aliphatic rings. The van der Waals surface area contributed by atoms with Crippen molar-refractivity contribution < 1.29 is 19.8 Å². The quantitative estimate of drug-likeness (QED) is 0.223. The van der Waals surface area contributed by atoms with Crippen LogP contribution in [0.5, 0.6) is 0 Å². The maximum absolute atomic E-state index is 12.7. The average Bonchev–Trinajstić information content (AvgIpc) is 3.62. The molecular formula is C35H40N4O4. The molecule has 3 aromatic rings. The van der Waals surface area contributed by atoms with Gasteiger partial charge in [0, 0.05) is 51.8 Å². The first-order valence-electron chi connectivity index (χ1n) is 15.0. The third-order valence-electron chi connectivity index (χ3n) is 9.31. The number of carbonyl (C=O) groups is 2. The van der Waals surface area contributed by atoms with E-state index in [-0.39, 0.29) is 29.7 Å². The SMILES string of the molecule is C=Cc1c(C)c2cc3nc(c(CC)c4[nH]c(cc5nc(cc1[nH]2)C(C)=C5CC)c(C)c4C(=O)O)[C@@H]([C@H](C)CC(=O)O)[C@@H]3C. The van der Waals surface area contributed by atoms with Gasteiger partial charge in [0.1, 0.15) is 0 Å². The highest BCUT2D eigenvalue weighted by molar-refractivity contribution is 6.02. The van der Waals surface area contributed by atoms with Crippen LogP contribution >= 0.6 is 0 Å². The highest BCUT2D eigenvalue weighted by atomic mass is 16.4. The van der Waals surface area contributed by atoms with E-state index in [4.69, 9.17) is 9.97 Å². The second-order valence-corrected chi connectivity index (χ2v) is 11.8. The number of hydrogen-bond acceptors (Lipinski definition) is 4. The summed E-state index contributed by atoms with van der Waals surface area (Å²) in [7, 11) is 0. The number of aliphatic carboxylic acids is 1. The lowest BCUT2D eigenvalue weighted by Crippen LogP contribution is -2.17. The number of allylic oxidation sites excluding steroid dienone is 2. The van der Waals surface area contributed by atoms with Crippen molar-refractivity contribution in [1.82, 2.24) is 19.9 Å². The van der Waals surface area contributed by atoms with Crippen LogP contribution in [0, 0.1) is 19.8 Å². The van der Waals surface area contributed by atoms with Crippen LogP contribution in [0.1, 0.15) is 115 Å². The first-order valence-corrected chi connectivity index (χ1v) is 15.0. The van der Waals surface area contributed by atoms with Gasteiger partial charge >= 0.3 is 11.9 Å². The second-order valence-electron chi connectivity index (χ2n) is 11.8. The van der Waals surface area contributed by atoms with E-state index >= 15 is 0 Å². The predicted molar refractivity (Wildman–Crippen MR) is 172 cm³/mol. The van der Waals surface area contributed by atoms with E-state index < -0.39 is 11.9 Å². The van der Waals surface area contributed by atoms with Crippen molar-refractivity contribution in [2.24, 2.45) is 5.92 Å². The Kier molecular flexibility index (Phi) is 7.90. The number of H-pyrrole nitrogens is 2. The standard InChI is InChI=1S/C35H40N4O4/c1-9-21-17(5)24-13-26-19(7)31(16(4)12-30(40)41)33(38-26)23(11-3)34-32(35(42)43)20(8)27(39-34)15-29-22(10-2)18(6)25(37-29)14-28(21)36-24/h9,13-16,19,31,36,39H,1,10-12H2,2-8H3,(H,40,41)(H,42,43)/t16-,19-,31+/m1/s1. The molecule has 8 bridgehead atoms. The molecular weight excluding hydrogens is 540 g/mol. The number of aromatic nitrogens is 4. The molecule has 0 spiro atoms. The molecule has 0 unspecified atom stereocenters. The number of aromatic carboxylic acids is 1. The van der Waals surface area contributed by atoms with Crippen molar-refractivity contribution in [3.8, 4) is 0 Å². The first-order chi connectivity index (χ1) is 20.4. The fourth-order valence-corrected chi connectivity index (χ4v) is 7.00. The van der Waals surface area contributed by atoms with Gasteiger partial charge in [-0.1, -0.05) is 40.3 Å². The summed E-state index contributed by atoms with van der Waals surface area (Å²) in [5, 5.41) is 20.1. The van der Waals surface area contributed by atoms with Gasteiger partial charge in [-0.15, -0.1) is 0 Å². The van der Waals surface area contributed by atoms with Gasteiger partial charge in [-0.25, -0.2) is 9.78 Å². The van der Waals surface area contributed by atoms with E-state index in [9.17, 15) is 19.8 Å². The van der Waals surface area contributed by atoms with Gasteiger partial charge in [0.25, 0.3) is 0 Å². The number of carboxylic acid groups (broad SMARTS) is 2. The molecule has 3 aromatic heterocycles. The van der Waals surface area contributed by atoms with Gasteiger partial charge in [-0.2, -0.15) is 0 Å². The molecule has 43 heavy (non-hydrogen) atoms. The summed E-state index contributed by atoms with van der Waals surface area (Å²) in [6.07, 6.45) is 3.13. The molecule has 0 radical (unpaired) electrons. The van der Waals surface area contributed by atoms with E-state index in [2.05, 4.69) is 37.3 Å². The predicted octanol–water partition coefficient (Wildman–Crippen LogP) is 8.17. The molecule has 8 heteroatoms. The Morgan fingerprint density at radius 2 is 1.65 bits per heavy atom. The van der Waals surface area contributed by atoms with Crippen molar-refractivity contribution in [3.05, 3.63) is 75.4 Å². The Labute approximate surface area is 251 Å². The molecule has 5 rings (SSSR count). The fraction of sp³-hybridized carbons (Fsp3) is 0.371. The summed E-state index contributed by atoms with van der Waals surface area (Å²) in [4.78, 5) is 41.8. The Morgan fingerprint density at radius 3 is 2.26 bits per heavy atom. The van der Waals surface area contributed by atoms with E-state index in [1.54, 1.807) is 0 Å². The third kappa shape index (κ3) is 4.98.